The Balaban J connectivity index is 2.83. The van der Waals surface area contributed by atoms with E-state index in [1.54, 1.807) is 7.11 Å². The maximum Gasteiger partial charge on any atom is 0.341 e. The number of nitrogens with one attached hydrogen (secondary N) is 2. The van der Waals surface area contributed by atoms with E-state index in [4.69, 9.17) is 21.7 Å². The fraction of sp³-hybridized carbons (Fsp3) is 0.571. The topological polar surface area (TPSA) is 59.6 Å². The van der Waals surface area contributed by atoms with Crippen molar-refractivity contribution in [1.82, 2.24) is 5.32 Å². The molecule has 0 aliphatic heterocycles. The summed E-state index contributed by atoms with van der Waals surface area (Å²) in [6.07, 6.45) is 0.826. The Morgan fingerprint density at radius 1 is 1.43 bits per heavy atom. The first-order valence-electron chi connectivity index (χ1n) is 6.72. The largest absolute Gasteiger partial charge is 0.465 e. The molecule has 0 aliphatic carbocycles. The maximum absolute atomic E-state index is 12.0. The van der Waals surface area contributed by atoms with Gasteiger partial charge < -0.3 is 20.1 Å². The van der Waals surface area contributed by atoms with E-state index >= 15 is 0 Å². The van der Waals surface area contributed by atoms with Gasteiger partial charge in [0.15, 0.2) is 5.11 Å². The number of carbonyl (C=O) groups is 1. The zero-order valence-electron chi connectivity index (χ0n) is 12.8. The van der Waals surface area contributed by atoms with Crippen molar-refractivity contribution in [2.75, 3.05) is 32.7 Å². The molecule has 118 valence electrons. The van der Waals surface area contributed by atoms with Crippen LogP contribution in [-0.2, 0) is 15.9 Å². The Morgan fingerprint density at radius 3 is 2.71 bits per heavy atom. The molecule has 0 saturated carbocycles. The van der Waals surface area contributed by atoms with Gasteiger partial charge in [-0.3, -0.25) is 0 Å². The third kappa shape index (κ3) is 5.61. The molecular weight excluding hydrogens is 308 g/mol. The summed E-state index contributed by atoms with van der Waals surface area (Å²) in [7, 11) is 3.02. The third-order valence-electron chi connectivity index (χ3n) is 2.70. The second-order valence-corrected chi connectivity index (χ2v) is 6.22. The van der Waals surface area contributed by atoms with Crippen molar-refractivity contribution in [3.63, 3.8) is 0 Å². The average Bonchev–Trinajstić information content (AvgIpc) is 2.80. The zero-order chi connectivity index (χ0) is 15.8. The van der Waals surface area contributed by atoms with Crippen molar-refractivity contribution < 1.29 is 14.3 Å². The van der Waals surface area contributed by atoms with E-state index in [-0.39, 0.29) is 5.97 Å². The highest BCUT2D eigenvalue weighted by atomic mass is 32.1. The monoisotopic (exact) mass is 330 g/mol. The Bertz CT molecular complexity index is 487. The minimum absolute atomic E-state index is 0.339. The average molecular weight is 330 g/mol. The predicted molar refractivity (Wildman–Crippen MR) is 90.3 cm³/mol. The van der Waals surface area contributed by atoms with Crippen LogP contribution in [-0.4, -0.2) is 38.5 Å². The van der Waals surface area contributed by atoms with Crippen LogP contribution in [0.2, 0.25) is 0 Å². The van der Waals surface area contributed by atoms with Crippen molar-refractivity contribution in [2.45, 2.75) is 20.3 Å². The summed E-state index contributed by atoms with van der Waals surface area (Å²) in [6, 6.07) is 0. The number of ether oxygens (including phenoxy) is 2. The number of methoxy groups -OCH3 is 2. The smallest absolute Gasteiger partial charge is 0.341 e. The summed E-state index contributed by atoms with van der Waals surface area (Å²) >= 11 is 6.66. The molecule has 1 aromatic rings. The van der Waals surface area contributed by atoms with Gasteiger partial charge in [-0.15, -0.1) is 11.3 Å². The second-order valence-electron chi connectivity index (χ2n) is 4.93. The van der Waals surface area contributed by atoms with E-state index in [1.807, 2.05) is 5.38 Å². The summed E-state index contributed by atoms with van der Waals surface area (Å²) in [5.41, 5.74) is 1.57. The standard InChI is InChI=1S/C14H22N2O3S2/c1-9(2)7-10-8-21-12(11(10)13(17)19-4)16-14(20)15-5-6-18-3/h8-9H,5-7H2,1-4H3,(H2,15,16,20). The van der Waals surface area contributed by atoms with E-state index in [2.05, 4.69) is 24.5 Å². The van der Waals surface area contributed by atoms with Crippen LogP contribution >= 0.6 is 23.6 Å². The van der Waals surface area contributed by atoms with Crippen LogP contribution in [0.25, 0.3) is 0 Å². The molecule has 0 unspecified atom stereocenters. The van der Waals surface area contributed by atoms with Gasteiger partial charge in [0.2, 0.25) is 0 Å². The predicted octanol–water partition coefficient (Wildman–Crippen LogP) is 2.67. The first kappa shape index (κ1) is 17.9. The number of hydrogen-bond acceptors (Lipinski definition) is 5. The summed E-state index contributed by atoms with van der Waals surface area (Å²) in [5, 5.41) is 9.24. The van der Waals surface area contributed by atoms with Crippen LogP contribution in [0.4, 0.5) is 5.00 Å². The van der Waals surface area contributed by atoms with Crippen molar-refractivity contribution >= 4 is 39.6 Å². The summed E-state index contributed by atoms with van der Waals surface area (Å²) in [4.78, 5) is 12.0. The van der Waals surface area contributed by atoms with Gasteiger partial charge in [-0.05, 0) is 35.5 Å². The Morgan fingerprint density at radius 2 is 2.14 bits per heavy atom. The number of carbonyl (C=O) groups excluding carboxylic acids is 1. The zero-order valence-corrected chi connectivity index (χ0v) is 14.5. The lowest BCUT2D eigenvalue weighted by Gasteiger charge is -2.11. The summed E-state index contributed by atoms with van der Waals surface area (Å²) < 4.78 is 9.83. The number of rotatable bonds is 7. The fourth-order valence-corrected chi connectivity index (χ4v) is 3.05. The molecule has 1 rings (SSSR count). The molecule has 21 heavy (non-hydrogen) atoms. The Kier molecular flexibility index (Phi) is 7.63. The summed E-state index contributed by atoms with van der Waals surface area (Å²) in [6.45, 7) is 5.40. The fourth-order valence-electron chi connectivity index (χ4n) is 1.82. The van der Waals surface area contributed by atoms with Gasteiger partial charge in [0.25, 0.3) is 0 Å². The van der Waals surface area contributed by atoms with Gasteiger partial charge in [0.05, 0.1) is 19.3 Å². The van der Waals surface area contributed by atoms with Gasteiger partial charge in [-0.25, -0.2) is 4.79 Å². The molecule has 7 heteroatoms. The van der Waals surface area contributed by atoms with Crippen LogP contribution in [0.1, 0.15) is 29.8 Å². The third-order valence-corrected chi connectivity index (χ3v) is 3.89. The minimum Gasteiger partial charge on any atom is -0.465 e. The van der Waals surface area contributed by atoms with Crippen molar-refractivity contribution in [2.24, 2.45) is 5.92 Å². The molecular formula is C14H22N2O3S2. The van der Waals surface area contributed by atoms with Crippen molar-refractivity contribution in [1.29, 1.82) is 0 Å². The Labute approximate surface area is 135 Å². The lowest BCUT2D eigenvalue weighted by atomic mass is 10.0. The minimum atomic E-state index is -0.339. The normalized spacial score (nSPS) is 10.5. The van der Waals surface area contributed by atoms with Crippen molar-refractivity contribution in [3.05, 3.63) is 16.5 Å². The quantitative estimate of drug-likeness (QED) is 0.455. The molecule has 0 fully saturated rings. The van der Waals surface area contributed by atoms with Crippen molar-refractivity contribution in [3.8, 4) is 0 Å². The molecule has 0 amide bonds. The van der Waals surface area contributed by atoms with E-state index < -0.39 is 0 Å². The highest BCUT2D eigenvalue weighted by Gasteiger charge is 2.20. The first-order valence-corrected chi connectivity index (χ1v) is 8.00. The number of hydrogen-bond donors (Lipinski definition) is 2. The maximum atomic E-state index is 12.0. The first-order chi connectivity index (χ1) is 9.99. The SMILES string of the molecule is COCCNC(=S)Nc1scc(CC(C)C)c1C(=O)OC. The molecule has 0 radical (unpaired) electrons. The lowest BCUT2D eigenvalue weighted by molar-refractivity contribution is 0.0601. The molecule has 0 bridgehead atoms. The molecule has 0 spiro atoms. The number of thiocarbonyl (C=S) groups is 1. The Hall–Kier alpha value is -1.18. The molecule has 2 N–H and O–H groups in total. The second kappa shape index (κ2) is 8.96. The molecule has 1 heterocycles. The van der Waals surface area contributed by atoms with Crippen LogP contribution in [0, 0.1) is 5.92 Å². The van der Waals surface area contributed by atoms with Gasteiger partial charge in [-0.1, -0.05) is 13.8 Å². The van der Waals surface area contributed by atoms with E-state index in [9.17, 15) is 4.79 Å². The van der Waals surface area contributed by atoms with Gasteiger partial charge in [0, 0.05) is 13.7 Å². The van der Waals surface area contributed by atoms with Gasteiger partial charge >= 0.3 is 5.97 Å². The van der Waals surface area contributed by atoms with Crippen LogP contribution in [0.3, 0.4) is 0 Å². The molecule has 0 aromatic carbocycles. The molecule has 0 aliphatic rings. The van der Waals surface area contributed by atoms with E-state index in [0.717, 1.165) is 12.0 Å². The number of esters is 1. The molecule has 1 aromatic heterocycles. The number of thiophene rings is 1. The van der Waals surface area contributed by atoms with E-state index in [0.29, 0.717) is 34.7 Å². The van der Waals surface area contributed by atoms with Gasteiger partial charge in [0.1, 0.15) is 5.00 Å². The molecule has 0 saturated heterocycles. The molecule has 5 nitrogen and oxygen atoms in total. The van der Waals surface area contributed by atoms with Gasteiger partial charge in [-0.2, -0.15) is 0 Å². The summed E-state index contributed by atoms with van der Waals surface area (Å²) in [5.74, 6) is 0.122. The van der Waals surface area contributed by atoms with Crippen LogP contribution in [0.5, 0.6) is 0 Å². The highest BCUT2D eigenvalue weighted by molar-refractivity contribution is 7.80. The highest BCUT2D eigenvalue weighted by Crippen LogP contribution is 2.30. The van der Waals surface area contributed by atoms with Crippen LogP contribution in [0.15, 0.2) is 5.38 Å². The lowest BCUT2D eigenvalue weighted by Crippen LogP contribution is -2.31. The van der Waals surface area contributed by atoms with Crippen LogP contribution < -0.4 is 10.6 Å². The number of anilines is 1. The van der Waals surface area contributed by atoms with E-state index in [1.165, 1.54) is 18.4 Å². The molecule has 0 atom stereocenters.